The number of anilines is 2. The molecule has 3 saturated heterocycles. The number of ether oxygens (including phenoxy) is 1. The monoisotopic (exact) mass is 666 g/mol. The summed E-state index contributed by atoms with van der Waals surface area (Å²) < 4.78 is 67.5. The number of nitrogens with zero attached hydrogens (tertiary/aromatic N) is 7. The molecule has 244 valence electrons. The van der Waals surface area contributed by atoms with Crippen molar-refractivity contribution in [2.75, 3.05) is 50.5 Å². The van der Waals surface area contributed by atoms with Crippen LogP contribution < -0.4 is 15.4 Å². The van der Waals surface area contributed by atoms with Crippen LogP contribution in [0.1, 0.15) is 19.3 Å². The normalized spacial score (nSPS) is 24.2. The fraction of sp³-hybridized carbons (Fsp3) is 0.406. The van der Waals surface area contributed by atoms with Crippen LogP contribution in [0.3, 0.4) is 0 Å². The number of alkyl halides is 2. The average Bonchev–Trinajstić information content (AvgIpc) is 3.80. The minimum Gasteiger partial charge on any atom is -0.461 e. The summed E-state index contributed by atoms with van der Waals surface area (Å²) in [4.78, 5) is 34.0. The van der Waals surface area contributed by atoms with Crippen LogP contribution in [-0.4, -0.2) is 94.4 Å². The van der Waals surface area contributed by atoms with Crippen molar-refractivity contribution in [3.63, 3.8) is 0 Å². The summed E-state index contributed by atoms with van der Waals surface area (Å²) in [5, 5.41) is 0.367. The molecule has 0 saturated carbocycles. The molecule has 1 aromatic carbocycles. The number of rotatable bonds is 7. The van der Waals surface area contributed by atoms with Crippen LogP contribution in [0.2, 0.25) is 0 Å². The van der Waals surface area contributed by atoms with Crippen molar-refractivity contribution < 1.29 is 27.1 Å². The number of amides is 1. The third kappa shape index (κ3) is 5.01. The molecule has 0 aliphatic carbocycles. The lowest BCUT2D eigenvalue weighted by molar-refractivity contribution is -0.125. The number of hydrogen-bond donors (Lipinski definition) is 1. The van der Waals surface area contributed by atoms with Crippen molar-refractivity contribution in [3.8, 4) is 17.3 Å². The first-order chi connectivity index (χ1) is 22.5. The summed E-state index contributed by atoms with van der Waals surface area (Å²) in [6.45, 7) is 12.1. The van der Waals surface area contributed by atoms with Crippen LogP contribution in [0.5, 0.6) is 6.01 Å². The van der Waals surface area contributed by atoms with Crippen LogP contribution in [0.25, 0.3) is 37.1 Å². The zero-order valence-corrected chi connectivity index (χ0v) is 26.2. The third-order valence-corrected chi connectivity index (χ3v) is 10.6. The zero-order valence-electron chi connectivity index (χ0n) is 25.3. The highest BCUT2D eigenvalue weighted by Gasteiger charge is 2.49. The molecule has 3 aromatic heterocycles. The smallest absolute Gasteiger partial charge is 0.319 e. The zero-order chi connectivity index (χ0) is 33.2. The number of thiophene rings is 1. The molecular formula is C32H30F4N8O2S. The van der Waals surface area contributed by atoms with Gasteiger partial charge in [-0.05, 0) is 31.5 Å². The fourth-order valence-corrected chi connectivity index (χ4v) is 8.19. The van der Waals surface area contributed by atoms with Crippen molar-refractivity contribution in [3.05, 3.63) is 54.0 Å². The maximum Gasteiger partial charge on any atom is 0.319 e. The highest BCUT2D eigenvalue weighted by atomic mass is 32.1. The van der Waals surface area contributed by atoms with E-state index in [0.717, 1.165) is 42.9 Å². The van der Waals surface area contributed by atoms with E-state index in [-0.39, 0.29) is 74.5 Å². The van der Waals surface area contributed by atoms with Crippen molar-refractivity contribution in [1.82, 2.24) is 24.8 Å². The molecular weight excluding hydrogens is 636 g/mol. The number of likely N-dealkylation sites (N-methyl/N-ethyl adjacent to an activating group) is 1. The summed E-state index contributed by atoms with van der Waals surface area (Å²) in [7, 11) is 1.58. The maximum atomic E-state index is 16.7. The molecule has 0 bridgehead atoms. The highest BCUT2D eigenvalue weighted by Crippen LogP contribution is 2.47. The van der Waals surface area contributed by atoms with Crippen LogP contribution in [-0.2, 0) is 4.79 Å². The largest absolute Gasteiger partial charge is 0.461 e. The molecule has 4 aromatic rings. The molecule has 0 radical (unpaired) electrons. The Labute approximate surface area is 271 Å². The molecule has 10 nitrogen and oxygen atoms in total. The van der Waals surface area contributed by atoms with Gasteiger partial charge in [-0.3, -0.25) is 14.7 Å². The van der Waals surface area contributed by atoms with Gasteiger partial charge in [0.15, 0.2) is 5.82 Å². The Kier molecular flexibility index (Phi) is 7.67. The first-order valence-electron chi connectivity index (χ1n) is 15.1. The summed E-state index contributed by atoms with van der Waals surface area (Å²) in [5.74, 6) is -1.80. The summed E-state index contributed by atoms with van der Waals surface area (Å²) >= 11 is 0.887. The van der Waals surface area contributed by atoms with E-state index in [1.165, 1.54) is 22.1 Å². The molecule has 2 N–H and O–H groups in total. The number of halogens is 4. The second-order valence-corrected chi connectivity index (χ2v) is 13.3. The predicted octanol–water partition coefficient (Wildman–Crippen LogP) is 5.44. The number of carbonyl (C=O) groups excluding carboxylic acids is 1. The number of aromatic nitrogens is 3. The average molecular weight is 667 g/mol. The van der Waals surface area contributed by atoms with Gasteiger partial charge in [-0.15, -0.1) is 11.3 Å². The van der Waals surface area contributed by atoms with Crippen molar-refractivity contribution in [2.45, 2.75) is 43.2 Å². The minimum atomic E-state index is -1.45. The van der Waals surface area contributed by atoms with Gasteiger partial charge in [0.2, 0.25) is 11.6 Å². The third-order valence-electron chi connectivity index (χ3n) is 9.57. The van der Waals surface area contributed by atoms with E-state index in [4.69, 9.17) is 17.0 Å². The Hall–Kier alpha value is -4.55. The van der Waals surface area contributed by atoms with Crippen LogP contribution >= 0.6 is 11.3 Å². The van der Waals surface area contributed by atoms with E-state index < -0.39 is 41.5 Å². The van der Waals surface area contributed by atoms with Crippen molar-refractivity contribution in [2.24, 2.45) is 0 Å². The summed E-state index contributed by atoms with van der Waals surface area (Å²) in [6.07, 6.45) is 1.91. The van der Waals surface area contributed by atoms with Gasteiger partial charge in [-0.25, -0.2) is 22.4 Å². The molecule has 3 aliphatic heterocycles. The second kappa shape index (κ2) is 11.6. The molecule has 6 heterocycles. The molecule has 0 unspecified atom stereocenters. The lowest BCUT2D eigenvalue weighted by Gasteiger charge is -2.31. The van der Waals surface area contributed by atoms with Gasteiger partial charge in [0.1, 0.15) is 41.8 Å². The van der Waals surface area contributed by atoms with Crippen LogP contribution in [0, 0.1) is 18.2 Å². The van der Waals surface area contributed by atoms with Gasteiger partial charge in [0.05, 0.1) is 39.8 Å². The fourth-order valence-electron chi connectivity index (χ4n) is 7.25. The first kappa shape index (κ1) is 31.1. The number of carbonyl (C=O) groups is 1. The Morgan fingerprint density at radius 3 is 2.87 bits per heavy atom. The molecule has 3 aliphatic rings. The Balaban J connectivity index is 1.35. The minimum absolute atomic E-state index is 0.00937. The molecule has 4 atom stereocenters. The van der Waals surface area contributed by atoms with Crippen LogP contribution in [0.15, 0.2) is 31.0 Å². The van der Waals surface area contributed by atoms with E-state index in [9.17, 15) is 13.6 Å². The Morgan fingerprint density at radius 2 is 2.11 bits per heavy atom. The molecule has 0 spiro atoms. The van der Waals surface area contributed by atoms with E-state index >= 15 is 8.78 Å². The van der Waals surface area contributed by atoms with Gasteiger partial charge in [-0.1, -0.05) is 12.6 Å². The van der Waals surface area contributed by atoms with E-state index in [0.29, 0.717) is 13.0 Å². The topological polar surface area (TPSA) is 105 Å². The highest BCUT2D eigenvalue weighted by molar-refractivity contribution is 7.23. The molecule has 3 fully saturated rings. The van der Waals surface area contributed by atoms with Crippen LogP contribution in [0.4, 0.5) is 34.1 Å². The van der Waals surface area contributed by atoms with Gasteiger partial charge < -0.3 is 20.3 Å². The van der Waals surface area contributed by atoms with Gasteiger partial charge in [0, 0.05) is 43.7 Å². The Bertz CT molecular complexity index is 1980. The molecule has 1 amide bonds. The van der Waals surface area contributed by atoms with E-state index in [1.807, 2.05) is 0 Å². The molecule has 15 heteroatoms. The lowest BCUT2D eigenvalue weighted by Crippen LogP contribution is -2.43. The number of nitrogen functional groups attached to an aromatic ring is 1. The first-order valence-corrected chi connectivity index (χ1v) is 15.9. The number of benzene rings is 1. The van der Waals surface area contributed by atoms with Gasteiger partial charge in [-0.2, -0.15) is 9.97 Å². The number of fused-ring (bicyclic) bond motifs is 3. The van der Waals surface area contributed by atoms with Crippen molar-refractivity contribution in [1.29, 1.82) is 0 Å². The molecule has 7 rings (SSSR count). The number of hydrogen-bond acceptors (Lipinski definition) is 9. The lowest BCUT2D eigenvalue weighted by atomic mass is 9.95. The predicted molar refractivity (Wildman–Crippen MR) is 171 cm³/mol. The quantitative estimate of drug-likeness (QED) is 0.158. The second-order valence-electron chi connectivity index (χ2n) is 12.2. The number of nitrogens with two attached hydrogens (primary N) is 1. The standard InChI is InChI=1S/C32H30F4N8O2S/c1-4-22(45)43-13-20(35)21(14-43)42(3)30-18-11-39-25(17-6-7-19(34)28-23(17)27(38-2)29(37)47-28)24(36)26(18)40-31(41-30)46-15-32-8-5-9-44(32)12-16(33)10-32/h4,6-7,11,16,20-21H,1,5,8-10,12-15,37H2,3H3/t16-,20+,21+,32+/m1/s1. The maximum absolute atomic E-state index is 16.7. The summed E-state index contributed by atoms with van der Waals surface area (Å²) in [6, 6.07) is 1.45. The van der Waals surface area contributed by atoms with E-state index in [2.05, 4.69) is 31.3 Å². The van der Waals surface area contributed by atoms with Crippen molar-refractivity contribution >= 4 is 54.7 Å². The Morgan fingerprint density at radius 1 is 1.30 bits per heavy atom. The summed E-state index contributed by atoms with van der Waals surface area (Å²) in [5.41, 5.74) is 5.21. The molecule has 47 heavy (non-hydrogen) atoms. The SMILES string of the molecule is [C-]#[N+]c1c(N)sc2c(F)ccc(-c3ncc4c(N(C)[C@H]5CN(C(=O)C=C)C[C@@H]5F)nc(OC[C@@]56CCCN5C[C@H](F)C6)nc4c3F)c12. The van der Waals surface area contributed by atoms with E-state index in [1.54, 1.807) is 7.05 Å². The number of likely N-dealkylation sites (tertiary alicyclic amines) is 1. The van der Waals surface area contributed by atoms with Gasteiger partial charge in [0.25, 0.3) is 0 Å². The number of pyridine rings is 1. The van der Waals surface area contributed by atoms with Gasteiger partial charge >= 0.3 is 6.01 Å².